The summed E-state index contributed by atoms with van der Waals surface area (Å²) in [5, 5.41) is 0. The van der Waals surface area contributed by atoms with Crippen molar-refractivity contribution in [3.8, 4) is 0 Å². The standard InChI is InChI=1S/C13H11BrS/c1-10-7-8-13(12(14)9-10)15-11-5-3-2-4-6-11/h2-9H,1H3. The third kappa shape index (κ3) is 2.86. The molecule has 76 valence electrons. The van der Waals surface area contributed by atoms with Crippen molar-refractivity contribution in [3.05, 3.63) is 58.6 Å². The van der Waals surface area contributed by atoms with Crippen LogP contribution in [0.1, 0.15) is 5.56 Å². The lowest BCUT2D eigenvalue weighted by Crippen LogP contribution is -1.77. The highest BCUT2D eigenvalue weighted by Crippen LogP contribution is 2.33. The molecule has 0 aliphatic carbocycles. The third-order valence-electron chi connectivity index (χ3n) is 2.06. The average molecular weight is 279 g/mol. The van der Waals surface area contributed by atoms with E-state index in [9.17, 15) is 0 Å². The summed E-state index contributed by atoms with van der Waals surface area (Å²) in [5.74, 6) is 0. The third-order valence-corrected chi connectivity index (χ3v) is 4.06. The molecule has 0 amide bonds. The molecule has 0 unspecified atom stereocenters. The molecule has 0 radical (unpaired) electrons. The van der Waals surface area contributed by atoms with Gasteiger partial charge >= 0.3 is 0 Å². The van der Waals surface area contributed by atoms with Crippen molar-refractivity contribution >= 4 is 27.7 Å². The summed E-state index contributed by atoms with van der Waals surface area (Å²) in [6.07, 6.45) is 0. The van der Waals surface area contributed by atoms with Crippen LogP contribution in [0, 0.1) is 6.92 Å². The van der Waals surface area contributed by atoms with Gasteiger partial charge in [-0.1, -0.05) is 36.0 Å². The smallest absolute Gasteiger partial charge is 0.0317 e. The summed E-state index contributed by atoms with van der Waals surface area (Å²) in [7, 11) is 0. The molecule has 2 aromatic carbocycles. The first kappa shape index (κ1) is 10.8. The zero-order chi connectivity index (χ0) is 10.7. The maximum Gasteiger partial charge on any atom is 0.0317 e. The predicted octanol–water partition coefficient (Wildman–Crippen LogP) is 4.91. The topological polar surface area (TPSA) is 0 Å². The molecule has 0 atom stereocenters. The molecule has 0 bridgehead atoms. The van der Waals surface area contributed by atoms with Crippen LogP contribution >= 0.6 is 27.7 Å². The van der Waals surface area contributed by atoms with Gasteiger partial charge in [-0.15, -0.1) is 0 Å². The van der Waals surface area contributed by atoms with Crippen LogP contribution in [-0.2, 0) is 0 Å². The van der Waals surface area contributed by atoms with Gasteiger partial charge in [-0.3, -0.25) is 0 Å². The maximum atomic E-state index is 3.58. The van der Waals surface area contributed by atoms with Gasteiger partial charge in [0.2, 0.25) is 0 Å². The van der Waals surface area contributed by atoms with Gasteiger partial charge in [0, 0.05) is 14.3 Å². The normalized spacial score (nSPS) is 10.3. The Morgan fingerprint density at radius 1 is 1.00 bits per heavy atom. The summed E-state index contributed by atoms with van der Waals surface area (Å²) in [5.41, 5.74) is 1.28. The van der Waals surface area contributed by atoms with Crippen LogP contribution in [0.5, 0.6) is 0 Å². The molecule has 2 rings (SSSR count). The summed E-state index contributed by atoms with van der Waals surface area (Å²) < 4.78 is 1.16. The van der Waals surface area contributed by atoms with Crippen molar-refractivity contribution in [1.29, 1.82) is 0 Å². The fraction of sp³-hybridized carbons (Fsp3) is 0.0769. The number of rotatable bonds is 2. The maximum absolute atomic E-state index is 3.58. The second kappa shape index (κ2) is 4.86. The molecule has 0 heterocycles. The predicted molar refractivity (Wildman–Crippen MR) is 69.4 cm³/mol. The Kier molecular flexibility index (Phi) is 3.49. The largest absolute Gasteiger partial charge is 0.0889 e. The molecule has 0 nitrogen and oxygen atoms in total. The molecule has 0 aromatic heterocycles. The minimum Gasteiger partial charge on any atom is -0.0889 e. The van der Waals surface area contributed by atoms with Crippen molar-refractivity contribution < 1.29 is 0 Å². The van der Waals surface area contributed by atoms with Crippen molar-refractivity contribution in [2.24, 2.45) is 0 Å². The van der Waals surface area contributed by atoms with Crippen LogP contribution in [0.15, 0.2) is 62.8 Å². The monoisotopic (exact) mass is 278 g/mol. The minimum absolute atomic E-state index is 1.16. The molecule has 0 saturated heterocycles. The summed E-state index contributed by atoms with van der Waals surface area (Å²) >= 11 is 5.36. The van der Waals surface area contributed by atoms with Gasteiger partial charge in [-0.05, 0) is 52.7 Å². The molecular formula is C13H11BrS. The Morgan fingerprint density at radius 3 is 2.40 bits per heavy atom. The van der Waals surface area contributed by atoms with Gasteiger partial charge in [0.1, 0.15) is 0 Å². The first-order chi connectivity index (χ1) is 7.25. The van der Waals surface area contributed by atoms with E-state index in [-0.39, 0.29) is 0 Å². The lowest BCUT2D eigenvalue weighted by molar-refractivity contribution is 1.32. The Morgan fingerprint density at radius 2 is 1.73 bits per heavy atom. The number of hydrogen-bond donors (Lipinski definition) is 0. The molecule has 0 fully saturated rings. The molecule has 0 spiro atoms. The van der Waals surface area contributed by atoms with Gasteiger partial charge in [0.15, 0.2) is 0 Å². The second-order valence-corrected chi connectivity index (χ2v) is 5.32. The van der Waals surface area contributed by atoms with E-state index in [1.54, 1.807) is 11.8 Å². The zero-order valence-electron chi connectivity index (χ0n) is 8.41. The highest BCUT2D eigenvalue weighted by atomic mass is 79.9. The minimum atomic E-state index is 1.16. The van der Waals surface area contributed by atoms with E-state index in [2.05, 4.69) is 65.3 Å². The van der Waals surface area contributed by atoms with E-state index < -0.39 is 0 Å². The van der Waals surface area contributed by atoms with E-state index in [1.807, 2.05) is 6.07 Å². The Hall–Kier alpha value is -0.730. The molecule has 2 aromatic rings. The number of halogens is 1. The second-order valence-electron chi connectivity index (χ2n) is 3.35. The van der Waals surface area contributed by atoms with E-state index in [4.69, 9.17) is 0 Å². The zero-order valence-corrected chi connectivity index (χ0v) is 10.8. The van der Waals surface area contributed by atoms with E-state index in [1.165, 1.54) is 15.4 Å². The molecule has 0 aliphatic rings. The molecule has 2 heteroatoms. The van der Waals surface area contributed by atoms with Crippen molar-refractivity contribution in [1.82, 2.24) is 0 Å². The first-order valence-electron chi connectivity index (χ1n) is 4.75. The molecule has 0 saturated carbocycles. The average Bonchev–Trinajstić information content (AvgIpc) is 2.24. The van der Waals surface area contributed by atoms with Crippen LogP contribution in [0.4, 0.5) is 0 Å². The van der Waals surface area contributed by atoms with Crippen LogP contribution in [0.25, 0.3) is 0 Å². The molecule has 0 N–H and O–H groups in total. The lowest BCUT2D eigenvalue weighted by Gasteiger charge is -2.04. The summed E-state index contributed by atoms with van der Waals surface area (Å²) in [6, 6.07) is 16.8. The molecule has 0 aliphatic heterocycles. The van der Waals surface area contributed by atoms with Crippen molar-refractivity contribution in [3.63, 3.8) is 0 Å². The molecule has 15 heavy (non-hydrogen) atoms. The highest BCUT2D eigenvalue weighted by molar-refractivity contribution is 9.10. The van der Waals surface area contributed by atoms with Crippen LogP contribution in [-0.4, -0.2) is 0 Å². The van der Waals surface area contributed by atoms with E-state index in [0.29, 0.717) is 0 Å². The number of hydrogen-bond acceptors (Lipinski definition) is 1. The number of aryl methyl sites for hydroxylation is 1. The Balaban J connectivity index is 2.25. The number of benzene rings is 2. The quantitative estimate of drug-likeness (QED) is 0.752. The van der Waals surface area contributed by atoms with Gasteiger partial charge < -0.3 is 0 Å². The fourth-order valence-corrected chi connectivity index (χ4v) is 2.88. The fourth-order valence-electron chi connectivity index (χ4n) is 1.30. The van der Waals surface area contributed by atoms with Crippen molar-refractivity contribution in [2.45, 2.75) is 16.7 Å². The summed E-state index contributed by atoms with van der Waals surface area (Å²) in [4.78, 5) is 2.52. The van der Waals surface area contributed by atoms with Crippen LogP contribution in [0.3, 0.4) is 0 Å². The van der Waals surface area contributed by atoms with E-state index in [0.717, 1.165) is 4.47 Å². The van der Waals surface area contributed by atoms with Gasteiger partial charge in [-0.25, -0.2) is 0 Å². The highest BCUT2D eigenvalue weighted by Gasteiger charge is 2.01. The Bertz CT molecular complexity index is 451. The van der Waals surface area contributed by atoms with Crippen molar-refractivity contribution in [2.75, 3.05) is 0 Å². The summed E-state index contributed by atoms with van der Waals surface area (Å²) in [6.45, 7) is 2.10. The van der Waals surface area contributed by atoms with Crippen LogP contribution in [0.2, 0.25) is 0 Å². The molecular weight excluding hydrogens is 268 g/mol. The Labute approximate surface area is 103 Å². The van der Waals surface area contributed by atoms with Gasteiger partial charge in [-0.2, -0.15) is 0 Å². The van der Waals surface area contributed by atoms with Gasteiger partial charge in [0.05, 0.1) is 0 Å². The lowest BCUT2D eigenvalue weighted by atomic mass is 10.2. The van der Waals surface area contributed by atoms with E-state index >= 15 is 0 Å². The first-order valence-corrected chi connectivity index (χ1v) is 6.36. The van der Waals surface area contributed by atoms with Gasteiger partial charge in [0.25, 0.3) is 0 Å². The van der Waals surface area contributed by atoms with Crippen LogP contribution < -0.4 is 0 Å². The SMILES string of the molecule is Cc1ccc(Sc2ccccc2)c(Br)c1.